The monoisotopic (exact) mass is 412 g/mol. The molecule has 1 atom stereocenters. The third kappa shape index (κ3) is 4.50. The summed E-state index contributed by atoms with van der Waals surface area (Å²) in [6.45, 7) is 8.03. The van der Waals surface area contributed by atoms with E-state index in [1.54, 1.807) is 0 Å². The molecule has 4 rings (SSSR count). The molecule has 3 aliphatic rings. The standard InChI is InChI=1S/C23H32N4O3/c1-23(2)9-13-27(14-10-23)22(30)16-7-11-26(12-8-16)17-3-5-19(24-15-17)18-4-6-20(28)25-21(18)29/h3,5,15-16,18H,4,6-14H2,1-2H3,(H,25,28,29). The highest BCUT2D eigenvalue weighted by Crippen LogP contribution is 2.32. The molecule has 0 bridgehead atoms. The molecule has 3 saturated heterocycles. The summed E-state index contributed by atoms with van der Waals surface area (Å²) < 4.78 is 0. The van der Waals surface area contributed by atoms with Gasteiger partial charge in [-0.2, -0.15) is 0 Å². The second kappa shape index (κ2) is 8.36. The molecule has 7 heteroatoms. The van der Waals surface area contributed by atoms with Crippen molar-refractivity contribution in [1.29, 1.82) is 0 Å². The first kappa shape index (κ1) is 20.8. The molecule has 0 aliphatic carbocycles. The first-order chi connectivity index (χ1) is 14.3. The van der Waals surface area contributed by atoms with Crippen LogP contribution in [0.2, 0.25) is 0 Å². The number of nitrogens with one attached hydrogen (secondary N) is 1. The number of piperidine rings is 3. The number of carbonyl (C=O) groups excluding carboxylic acids is 3. The van der Waals surface area contributed by atoms with Gasteiger partial charge in [0.05, 0.1) is 23.5 Å². The maximum atomic E-state index is 12.9. The number of likely N-dealkylation sites (tertiary alicyclic amines) is 1. The maximum Gasteiger partial charge on any atom is 0.235 e. The van der Waals surface area contributed by atoms with Crippen molar-refractivity contribution in [2.24, 2.45) is 11.3 Å². The fraction of sp³-hybridized carbons (Fsp3) is 0.652. The van der Waals surface area contributed by atoms with E-state index in [0.717, 1.165) is 57.5 Å². The Labute approximate surface area is 178 Å². The summed E-state index contributed by atoms with van der Waals surface area (Å²) in [5.74, 6) is -0.366. The van der Waals surface area contributed by atoms with E-state index < -0.39 is 0 Å². The van der Waals surface area contributed by atoms with Crippen LogP contribution < -0.4 is 10.2 Å². The van der Waals surface area contributed by atoms with Crippen LogP contribution in [0.15, 0.2) is 18.3 Å². The lowest BCUT2D eigenvalue weighted by Crippen LogP contribution is -2.46. The summed E-state index contributed by atoms with van der Waals surface area (Å²) >= 11 is 0. The molecule has 4 heterocycles. The van der Waals surface area contributed by atoms with Crippen molar-refractivity contribution in [1.82, 2.24) is 15.2 Å². The van der Waals surface area contributed by atoms with Crippen LogP contribution in [0.25, 0.3) is 0 Å². The Hall–Kier alpha value is -2.44. The van der Waals surface area contributed by atoms with Crippen molar-refractivity contribution >= 4 is 23.4 Å². The number of nitrogens with zero attached hydrogens (tertiary/aromatic N) is 3. The highest BCUT2D eigenvalue weighted by atomic mass is 16.2. The van der Waals surface area contributed by atoms with Gasteiger partial charge in [-0.25, -0.2) is 0 Å². The van der Waals surface area contributed by atoms with Gasteiger partial charge in [-0.1, -0.05) is 13.8 Å². The SMILES string of the molecule is CC1(C)CCN(C(=O)C2CCN(c3ccc(C4CCC(=O)NC4=O)nc3)CC2)CC1. The van der Waals surface area contributed by atoms with Crippen molar-refractivity contribution in [2.45, 2.75) is 58.3 Å². The molecule has 0 radical (unpaired) electrons. The van der Waals surface area contributed by atoms with E-state index in [9.17, 15) is 14.4 Å². The van der Waals surface area contributed by atoms with E-state index in [0.29, 0.717) is 29.9 Å². The molecule has 3 fully saturated rings. The van der Waals surface area contributed by atoms with Gasteiger partial charge in [0.15, 0.2) is 0 Å². The zero-order chi connectivity index (χ0) is 21.3. The second-order valence-electron chi connectivity index (χ2n) is 9.70. The Morgan fingerprint density at radius 3 is 2.37 bits per heavy atom. The van der Waals surface area contributed by atoms with Gasteiger partial charge in [0.1, 0.15) is 0 Å². The number of pyridine rings is 1. The molecule has 1 N–H and O–H groups in total. The van der Waals surface area contributed by atoms with Crippen LogP contribution in [0.5, 0.6) is 0 Å². The fourth-order valence-electron chi connectivity index (χ4n) is 4.74. The Kier molecular flexibility index (Phi) is 5.80. The summed E-state index contributed by atoms with van der Waals surface area (Å²) in [6.07, 6.45) is 6.59. The van der Waals surface area contributed by atoms with E-state index in [-0.39, 0.29) is 23.7 Å². The third-order valence-corrected chi connectivity index (χ3v) is 7.00. The Bertz CT molecular complexity index is 802. The number of carbonyl (C=O) groups is 3. The summed E-state index contributed by atoms with van der Waals surface area (Å²) in [4.78, 5) is 45.1. The number of amides is 3. The minimum absolute atomic E-state index is 0.123. The number of anilines is 1. The van der Waals surface area contributed by atoms with Crippen molar-refractivity contribution in [3.63, 3.8) is 0 Å². The summed E-state index contributed by atoms with van der Waals surface area (Å²) in [5, 5.41) is 2.39. The molecule has 3 aliphatic heterocycles. The average molecular weight is 413 g/mol. The smallest absolute Gasteiger partial charge is 0.235 e. The second-order valence-corrected chi connectivity index (χ2v) is 9.70. The number of rotatable bonds is 3. The topological polar surface area (TPSA) is 82.6 Å². The van der Waals surface area contributed by atoms with Gasteiger partial charge >= 0.3 is 0 Å². The van der Waals surface area contributed by atoms with E-state index in [4.69, 9.17) is 0 Å². The summed E-state index contributed by atoms with van der Waals surface area (Å²) in [6, 6.07) is 3.89. The zero-order valence-corrected chi connectivity index (χ0v) is 18.0. The van der Waals surface area contributed by atoms with Crippen molar-refractivity contribution < 1.29 is 14.4 Å². The quantitative estimate of drug-likeness (QED) is 0.771. The molecule has 30 heavy (non-hydrogen) atoms. The molecular weight excluding hydrogens is 380 g/mol. The minimum atomic E-state index is -0.352. The Balaban J connectivity index is 1.30. The molecule has 1 unspecified atom stereocenters. The normalized spacial score (nSPS) is 25.2. The summed E-state index contributed by atoms with van der Waals surface area (Å²) in [5.41, 5.74) is 2.09. The number of aromatic nitrogens is 1. The molecule has 0 aromatic carbocycles. The summed E-state index contributed by atoms with van der Waals surface area (Å²) in [7, 11) is 0. The molecular formula is C23H32N4O3. The number of hydrogen-bond acceptors (Lipinski definition) is 5. The van der Waals surface area contributed by atoms with Gasteiger partial charge in [-0.15, -0.1) is 0 Å². The van der Waals surface area contributed by atoms with Crippen LogP contribution >= 0.6 is 0 Å². The molecule has 1 aromatic heterocycles. The zero-order valence-electron chi connectivity index (χ0n) is 18.0. The van der Waals surface area contributed by atoms with Crippen LogP contribution in [0, 0.1) is 11.3 Å². The van der Waals surface area contributed by atoms with Gasteiger partial charge in [-0.3, -0.25) is 24.7 Å². The van der Waals surface area contributed by atoms with Gasteiger partial charge in [-0.05, 0) is 49.7 Å². The fourth-order valence-corrected chi connectivity index (χ4v) is 4.74. The van der Waals surface area contributed by atoms with Crippen molar-refractivity contribution in [3.8, 4) is 0 Å². The Morgan fingerprint density at radius 2 is 1.77 bits per heavy atom. The van der Waals surface area contributed by atoms with E-state index >= 15 is 0 Å². The van der Waals surface area contributed by atoms with E-state index in [2.05, 4.69) is 33.9 Å². The third-order valence-electron chi connectivity index (χ3n) is 7.00. The van der Waals surface area contributed by atoms with Gasteiger partial charge in [0.2, 0.25) is 17.7 Å². The average Bonchev–Trinajstić information content (AvgIpc) is 2.74. The van der Waals surface area contributed by atoms with E-state index in [1.807, 2.05) is 18.3 Å². The Morgan fingerprint density at radius 1 is 1.07 bits per heavy atom. The molecule has 1 aromatic rings. The largest absolute Gasteiger partial charge is 0.370 e. The highest BCUT2D eigenvalue weighted by molar-refractivity contribution is 6.00. The maximum absolute atomic E-state index is 12.9. The lowest BCUT2D eigenvalue weighted by molar-refractivity contribution is -0.138. The van der Waals surface area contributed by atoms with E-state index in [1.165, 1.54) is 0 Å². The predicted molar refractivity (Wildman–Crippen MR) is 114 cm³/mol. The highest BCUT2D eigenvalue weighted by Gasteiger charge is 2.33. The number of hydrogen-bond donors (Lipinski definition) is 1. The van der Waals surface area contributed by atoms with Crippen LogP contribution in [-0.2, 0) is 14.4 Å². The van der Waals surface area contributed by atoms with Gasteiger partial charge < -0.3 is 9.80 Å². The molecule has 7 nitrogen and oxygen atoms in total. The van der Waals surface area contributed by atoms with Gasteiger partial charge in [0, 0.05) is 38.5 Å². The first-order valence-electron chi connectivity index (χ1n) is 11.2. The van der Waals surface area contributed by atoms with Crippen LogP contribution in [0.1, 0.15) is 64.0 Å². The molecule has 0 spiro atoms. The lowest BCUT2D eigenvalue weighted by atomic mass is 9.82. The molecule has 162 valence electrons. The van der Waals surface area contributed by atoms with Crippen LogP contribution in [0.3, 0.4) is 0 Å². The first-order valence-corrected chi connectivity index (χ1v) is 11.2. The number of imide groups is 1. The molecule has 0 saturated carbocycles. The van der Waals surface area contributed by atoms with Crippen molar-refractivity contribution in [3.05, 3.63) is 24.0 Å². The minimum Gasteiger partial charge on any atom is -0.370 e. The van der Waals surface area contributed by atoms with Gasteiger partial charge in [0.25, 0.3) is 0 Å². The lowest BCUT2D eigenvalue weighted by Gasteiger charge is -2.40. The van der Waals surface area contributed by atoms with Crippen LogP contribution in [0.4, 0.5) is 5.69 Å². The van der Waals surface area contributed by atoms with Crippen molar-refractivity contribution in [2.75, 3.05) is 31.1 Å². The van der Waals surface area contributed by atoms with Crippen LogP contribution in [-0.4, -0.2) is 53.8 Å². The molecule has 3 amide bonds. The predicted octanol–water partition coefficient (Wildman–Crippen LogP) is 2.47.